The summed E-state index contributed by atoms with van der Waals surface area (Å²) in [7, 11) is 3.79. The molecule has 0 saturated carbocycles. The summed E-state index contributed by atoms with van der Waals surface area (Å²) in [5, 5.41) is 2.70. The molecule has 20 heavy (non-hydrogen) atoms. The van der Waals surface area contributed by atoms with E-state index in [0.717, 1.165) is 18.5 Å². The van der Waals surface area contributed by atoms with Crippen LogP contribution in [0.25, 0.3) is 0 Å². The minimum absolute atomic E-state index is 0.241. The van der Waals surface area contributed by atoms with Gasteiger partial charge in [0.15, 0.2) is 6.61 Å². The Balaban J connectivity index is 2.46. The third-order valence-electron chi connectivity index (χ3n) is 2.79. The van der Waals surface area contributed by atoms with E-state index >= 15 is 0 Å². The van der Waals surface area contributed by atoms with Crippen LogP contribution in [0.4, 0.5) is 5.69 Å². The van der Waals surface area contributed by atoms with Crippen LogP contribution in [0.2, 0.25) is 0 Å². The summed E-state index contributed by atoms with van der Waals surface area (Å²) < 4.78 is 4.99. The molecular formula is C15H22N2O3. The first-order chi connectivity index (χ1) is 9.54. The van der Waals surface area contributed by atoms with Gasteiger partial charge in [0.2, 0.25) is 0 Å². The summed E-state index contributed by atoms with van der Waals surface area (Å²) in [4.78, 5) is 25.2. The van der Waals surface area contributed by atoms with E-state index in [2.05, 4.69) is 5.32 Å². The molecule has 0 fully saturated rings. The van der Waals surface area contributed by atoms with Crippen LogP contribution in [0.15, 0.2) is 24.3 Å². The van der Waals surface area contributed by atoms with Crippen molar-refractivity contribution in [2.24, 2.45) is 0 Å². The number of esters is 1. The van der Waals surface area contributed by atoms with Crippen molar-refractivity contribution in [1.82, 2.24) is 5.32 Å². The highest BCUT2D eigenvalue weighted by Crippen LogP contribution is 2.14. The Hall–Kier alpha value is -2.04. The first kappa shape index (κ1) is 16.0. The normalized spacial score (nSPS) is 9.95. The number of nitrogens with zero attached hydrogens (tertiary/aromatic N) is 1. The van der Waals surface area contributed by atoms with Crippen molar-refractivity contribution >= 4 is 17.6 Å². The molecule has 1 rings (SSSR count). The summed E-state index contributed by atoms with van der Waals surface area (Å²) in [6.45, 7) is 2.42. The first-order valence-corrected chi connectivity index (χ1v) is 6.75. The monoisotopic (exact) mass is 278 g/mol. The van der Waals surface area contributed by atoms with Crippen LogP contribution in [0.1, 0.15) is 30.1 Å². The largest absolute Gasteiger partial charge is 0.452 e. The van der Waals surface area contributed by atoms with E-state index in [1.165, 1.54) is 0 Å². The van der Waals surface area contributed by atoms with Gasteiger partial charge in [0.1, 0.15) is 0 Å². The number of nitrogens with one attached hydrogen (secondary N) is 1. The summed E-state index contributed by atoms with van der Waals surface area (Å²) >= 11 is 0. The summed E-state index contributed by atoms with van der Waals surface area (Å²) in [5.74, 6) is -0.755. The van der Waals surface area contributed by atoms with Gasteiger partial charge in [0, 0.05) is 26.3 Å². The molecule has 0 aliphatic heterocycles. The van der Waals surface area contributed by atoms with Crippen molar-refractivity contribution in [1.29, 1.82) is 0 Å². The van der Waals surface area contributed by atoms with Crippen LogP contribution in [0.5, 0.6) is 0 Å². The SMILES string of the molecule is CCCCNC(=O)COC(=O)c1cccc(N(C)C)c1. The molecular weight excluding hydrogens is 256 g/mol. The van der Waals surface area contributed by atoms with E-state index in [4.69, 9.17) is 4.74 Å². The zero-order valence-corrected chi connectivity index (χ0v) is 12.3. The maximum atomic E-state index is 11.8. The van der Waals surface area contributed by atoms with E-state index in [-0.39, 0.29) is 12.5 Å². The van der Waals surface area contributed by atoms with E-state index in [1.807, 2.05) is 32.0 Å². The van der Waals surface area contributed by atoms with Crippen molar-refractivity contribution in [3.63, 3.8) is 0 Å². The molecule has 1 amide bonds. The molecule has 1 aromatic carbocycles. The van der Waals surface area contributed by atoms with Crippen LogP contribution in [-0.4, -0.2) is 39.1 Å². The topological polar surface area (TPSA) is 58.6 Å². The highest BCUT2D eigenvalue weighted by atomic mass is 16.5. The number of benzene rings is 1. The molecule has 1 N–H and O–H groups in total. The number of anilines is 1. The van der Waals surface area contributed by atoms with Gasteiger partial charge >= 0.3 is 5.97 Å². The Morgan fingerprint density at radius 3 is 2.70 bits per heavy atom. The molecule has 0 bridgehead atoms. The first-order valence-electron chi connectivity index (χ1n) is 6.75. The molecule has 1 aromatic rings. The van der Waals surface area contributed by atoms with Gasteiger partial charge in [-0.1, -0.05) is 19.4 Å². The number of hydrogen-bond donors (Lipinski definition) is 1. The molecule has 0 saturated heterocycles. The molecule has 0 aliphatic rings. The quantitative estimate of drug-likeness (QED) is 0.610. The second kappa shape index (κ2) is 8.19. The standard InChI is InChI=1S/C15H22N2O3/c1-4-5-9-16-14(18)11-20-15(19)12-7-6-8-13(10-12)17(2)3/h6-8,10H,4-5,9,11H2,1-3H3,(H,16,18). The van der Waals surface area contributed by atoms with Crippen molar-refractivity contribution in [3.8, 4) is 0 Å². The Bertz CT molecular complexity index is 458. The van der Waals surface area contributed by atoms with Crippen LogP contribution in [-0.2, 0) is 9.53 Å². The van der Waals surface area contributed by atoms with Crippen molar-refractivity contribution in [2.75, 3.05) is 32.1 Å². The Kier molecular flexibility index (Phi) is 6.56. The zero-order chi connectivity index (χ0) is 15.0. The van der Waals surface area contributed by atoms with Crippen molar-refractivity contribution in [2.45, 2.75) is 19.8 Å². The smallest absolute Gasteiger partial charge is 0.338 e. The van der Waals surface area contributed by atoms with Gasteiger partial charge in [-0.2, -0.15) is 0 Å². The fourth-order valence-corrected chi connectivity index (χ4v) is 1.58. The van der Waals surface area contributed by atoms with Gasteiger partial charge in [0.25, 0.3) is 5.91 Å². The Labute approximate surface area is 119 Å². The van der Waals surface area contributed by atoms with Gasteiger partial charge in [0.05, 0.1) is 5.56 Å². The molecule has 5 nitrogen and oxygen atoms in total. The Morgan fingerprint density at radius 2 is 2.05 bits per heavy atom. The molecule has 0 heterocycles. The van der Waals surface area contributed by atoms with Gasteiger partial charge in [-0.05, 0) is 24.6 Å². The predicted molar refractivity (Wildman–Crippen MR) is 79.0 cm³/mol. The number of rotatable bonds is 7. The van der Waals surface area contributed by atoms with Gasteiger partial charge in [-0.25, -0.2) is 4.79 Å². The van der Waals surface area contributed by atoms with Crippen molar-refractivity contribution in [3.05, 3.63) is 29.8 Å². The number of carbonyl (C=O) groups excluding carboxylic acids is 2. The number of ether oxygens (including phenoxy) is 1. The Morgan fingerprint density at radius 1 is 1.30 bits per heavy atom. The third kappa shape index (κ3) is 5.30. The van der Waals surface area contributed by atoms with Crippen LogP contribution < -0.4 is 10.2 Å². The predicted octanol–water partition coefficient (Wildman–Crippen LogP) is 1.83. The zero-order valence-electron chi connectivity index (χ0n) is 12.3. The molecule has 0 aromatic heterocycles. The maximum absolute atomic E-state index is 11.8. The van der Waals surface area contributed by atoms with E-state index in [1.54, 1.807) is 18.2 Å². The molecule has 0 spiro atoms. The number of hydrogen-bond acceptors (Lipinski definition) is 4. The minimum Gasteiger partial charge on any atom is -0.452 e. The summed E-state index contributed by atoms with van der Waals surface area (Å²) in [6, 6.07) is 7.09. The average molecular weight is 278 g/mol. The van der Waals surface area contributed by atoms with E-state index in [0.29, 0.717) is 12.1 Å². The lowest BCUT2D eigenvalue weighted by molar-refractivity contribution is -0.124. The second-order valence-corrected chi connectivity index (χ2v) is 4.72. The van der Waals surface area contributed by atoms with Gasteiger partial charge in [-0.15, -0.1) is 0 Å². The van der Waals surface area contributed by atoms with Gasteiger partial charge < -0.3 is 15.0 Å². The molecule has 5 heteroatoms. The number of carbonyl (C=O) groups is 2. The third-order valence-corrected chi connectivity index (χ3v) is 2.79. The molecule has 110 valence electrons. The lowest BCUT2D eigenvalue weighted by Gasteiger charge is -2.13. The van der Waals surface area contributed by atoms with E-state index < -0.39 is 5.97 Å². The number of amides is 1. The molecule has 0 aliphatic carbocycles. The average Bonchev–Trinajstić information content (AvgIpc) is 2.45. The summed E-state index contributed by atoms with van der Waals surface area (Å²) in [6.07, 6.45) is 1.93. The molecule has 0 unspecified atom stereocenters. The minimum atomic E-state index is -0.487. The highest BCUT2D eigenvalue weighted by molar-refractivity contribution is 5.92. The lowest BCUT2D eigenvalue weighted by atomic mass is 10.2. The molecule has 0 atom stereocenters. The summed E-state index contributed by atoms with van der Waals surface area (Å²) in [5.41, 5.74) is 1.35. The van der Waals surface area contributed by atoms with E-state index in [9.17, 15) is 9.59 Å². The van der Waals surface area contributed by atoms with Crippen LogP contribution >= 0.6 is 0 Å². The second-order valence-electron chi connectivity index (χ2n) is 4.72. The van der Waals surface area contributed by atoms with Crippen LogP contribution in [0, 0.1) is 0 Å². The maximum Gasteiger partial charge on any atom is 0.338 e. The number of unbranched alkanes of at least 4 members (excludes halogenated alkanes) is 1. The lowest BCUT2D eigenvalue weighted by Crippen LogP contribution is -2.29. The van der Waals surface area contributed by atoms with Gasteiger partial charge in [-0.3, -0.25) is 4.79 Å². The van der Waals surface area contributed by atoms with Crippen molar-refractivity contribution < 1.29 is 14.3 Å². The fraction of sp³-hybridized carbons (Fsp3) is 0.467. The fourth-order valence-electron chi connectivity index (χ4n) is 1.58. The van der Waals surface area contributed by atoms with Crippen LogP contribution in [0.3, 0.4) is 0 Å². The molecule has 0 radical (unpaired) electrons. The highest BCUT2D eigenvalue weighted by Gasteiger charge is 2.10.